The SMILES string of the molecule is COc1cc(C(=O)N(C)c2nc3ccccc3[nH]2)ccc1-n1cnc(C)c1. The van der Waals surface area contributed by atoms with E-state index in [9.17, 15) is 4.79 Å². The lowest BCUT2D eigenvalue weighted by Gasteiger charge is -2.16. The molecule has 2 heterocycles. The van der Waals surface area contributed by atoms with Gasteiger partial charge in [-0.1, -0.05) is 12.1 Å². The fraction of sp³-hybridized carbons (Fsp3) is 0.150. The van der Waals surface area contributed by atoms with Crippen molar-refractivity contribution in [1.29, 1.82) is 0 Å². The quantitative estimate of drug-likeness (QED) is 0.605. The van der Waals surface area contributed by atoms with E-state index < -0.39 is 0 Å². The molecule has 0 unspecified atom stereocenters. The molecule has 27 heavy (non-hydrogen) atoms. The Morgan fingerprint density at radius 2 is 2.04 bits per heavy atom. The molecule has 7 heteroatoms. The molecule has 0 bridgehead atoms. The van der Waals surface area contributed by atoms with E-state index in [1.807, 2.05) is 48.0 Å². The molecule has 0 atom stereocenters. The van der Waals surface area contributed by atoms with Crippen molar-refractivity contribution in [3.63, 3.8) is 0 Å². The number of nitrogens with one attached hydrogen (secondary N) is 1. The van der Waals surface area contributed by atoms with Gasteiger partial charge < -0.3 is 14.3 Å². The van der Waals surface area contributed by atoms with Crippen molar-refractivity contribution in [3.8, 4) is 11.4 Å². The highest BCUT2D eigenvalue weighted by atomic mass is 16.5. The number of carbonyl (C=O) groups excluding carboxylic acids is 1. The molecule has 1 N–H and O–H groups in total. The molecule has 136 valence electrons. The van der Waals surface area contributed by atoms with Gasteiger partial charge in [-0.2, -0.15) is 0 Å². The molecule has 0 aliphatic heterocycles. The highest BCUT2D eigenvalue weighted by molar-refractivity contribution is 6.05. The van der Waals surface area contributed by atoms with Gasteiger partial charge in [0.1, 0.15) is 5.75 Å². The second-order valence-corrected chi connectivity index (χ2v) is 6.25. The van der Waals surface area contributed by atoms with Gasteiger partial charge in [0, 0.05) is 18.8 Å². The summed E-state index contributed by atoms with van der Waals surface area (Å²) in [6, 6.07) is 13.0. The first-order valence-corrected chi connectivity index (χ1v) is 8.48. The van der Waals surface area contributed by atoms with E-state index in [0.29, 0.717) is 17.3 Å². The fourth-order valence-corrected chi connectivity index (χ4v) is 2.96. The number of imidazole rings is 2. The predicted octanol–water partition coefficient (Wildman–Crippen LogP) is 3.34. The zero-order chi connectivity index (χ0) is 19.0. The number of aryl methyl sites for hydroxylation is 1. The number of hydrogen-bond acceptors (Lipinski definition) is 4. The van der Waals surface area contributed by atoms with Gasteiger partial charge in [0.05, 0.1) is 35.9 Å². The number of para-hydroxylation sites is 2. The third-order valence-corrected chi connectivity index (χ3v) is 4.42. The van der Waals surface area contributed by atoms with Crippen LogP contribution in [0, 0.1) is 6.92 Å². The molecule has 4 rings (SSSR count). The van der Waals surface area contributed by atoms with Crippen molar-refractivity contribution < 1.29 is 9.53 Å². The smallest absolute Gasteiger partial charge is 0.260 e. The number of aromatic nitrogens is 4. The second kappa shape index (κ2) is 6.60. The maximum absolute atomic E-state index is 12.9. The number of H-pyrrole nitrogens is 1. The molecule has 4 aromatic rings. The number of aromatic amines is 1. The van der Waals surface area contributed by atoms with Crippen molar-refractivity contribution >= 4 is 22.9 Å². The zero-order valence-corrected chi connectivity index (χ0v) is 15.3. The van der Waals surface area contributed by atoms with E-state index >= 15 is 0 Å². The molecule has 1 amide bonds. The number of carbonyl (C=O) groups is 1. The summed E-state index contributed by atoms with van der Waals surface area (Å²) in [4.78, 5) is 26.3. The largest absolute Gasteiger partial charge is 0.495 e. The first kappa shape index (κ1) is 16.8. The Kier molecular flexibility index (Phi) is 4.12. The minimum atomic E-state index is -0.180. The highest BCUT2D eigenvalue weighted by Gasteiger charge is 2.19. The van der Waals surface area contributed by atoms with Gasteiger partial charge in [-0.05, 0) is 37.3 Å². The molecule has 0 fully saturated rings. The molecule has 0 aliphatic carbocycles. The Bertz CT molecular complexity index is 1100. The van der Waals surface area contributed by atoms with E-state index in [1.54, 1.807) is 32.6 Å². The lowest BCUT2D eigenvalue weighted by Crippen LogP contribution is -2.27. The Balaban J connectivity index is 1.66. The Labute approximate surface area is 156 Å². The van der Waals surface area contributed by atoms with Crippen LogP contribution in [-0.2, 0) is 0 Å². The zero-order valence-electron chi connectivity index (χ0n) is 15.3. The molecule has 2 aromatic carbocycles. The van der Waals surface area contributed by atoms with Gasteiger partial charge in [-0.3, -0.25) is 9.69 Å². The number of hydrogen-bond donors (Lipinski definition) is 1. The lowest BCUT2D eigenvalue weighted by atomic mass is 10.1. The van der Waals surface area contributed by atoms with Crippen LogP contribution in [0.5, 0.6) is 5.75 Å². The van der Waals surface area contributed by atoms with Crippen molar-refractivity contribution in [2.45, 2.75) is 6.92 Å². The fourth-order valence-electron chi connectivity index (χ4n) is 2.96. The molecule has 0 aliphatic rings. The van der Waals surface area contributed by atoms with Gasteiger partial charge in [-0.15, -0.1) is 0 Å². The number of anilines is 1. The average Bonchev–Trinajstić information content (AvgIpc) is 3.32. The van der Waals surface area contributed by atoms with Crippen LogP contribution in [0.15, 0.2) is 55.0 Å². The third-order valence-electron chi connectivity index (χ3n) is 4.42. The standard InChI is InChI=1S/C20H19N5O2/c1-13-11-25(12-21-13)17-9-8-14(10-18(17)27-3)19(26)24(2)20-22-15-6-4-5-7-16(15)23-20/h4-12H,1-3H3,(H,22,23). The third kappa shape index (κ3) is 3.03. The van der Waals surface area contributed by atoms with Crippen LogP contribution in [0.3, 0.4) is 0 Å². The lowest BCUT2D eigenvalue weighted by molar-refractivity contribution is 0.0991. The summed E-state index contributed by atoms with van der Waals surface area (Å²) in [6.45, 7) is 1.92. The first-order valence-electron chi connectivity index (χ1n) is 8.48. The number of fused-ring (bicyclic) bond motifs is 1. The van der Waals surface area contributed by atoms with Crippen molar-refractivity contribution in [3.05, 3.63) is 66.2 Å². The van der Waals surface area contributed by atoms with E-state index in [-0.39, 0.29) is 5.91 Å². The Morgan fingerprint density at radius 3 is 2.74 bits per heavy atom. The number of amides is 1. The maximum Gasteiger partial charge on any atom is 0.260 e. The van der Waals surface area contributed by atoms with Gasteiger partial charge >= 0.3 is 0 Å². The van der Waals surface area contributed by atoms with Gasteiger partial charge in [-0.25, -0.2) is 9.97 Å². The summed E-state index contributed by atoms with van der Waals surface area (Å²) in [5, 5.41) is 0. The highest BCUT2D eigenvalue weighted by Crippen LogP contribution is 2.26. The monoisotopic (exact) mass is 361 g/mol. The van der Waals surface area contributed by atoms with Gasteiger partial charge in [0.15, 0.2) is 0 Å². The maximum atomic E-state index is 12.9. The van der Waals surface area contributed by atoms with Crippen LogP contribution in [0.4, 0.5) is 5.95 Å². The number of benzene rings is 2. The topological polar surface area (TPSA) is 76.0 Å². The van der Waals surface area contributed by atoms with Crippen molar-refractivity contribution in [2.75, 3.05) is 19.1 Å². The van der Waals surface area contributed by atoms with Crippen LogP contribution in [-0.4, -0.2) is 39.6 Å². The van der Waals surface area contributed by atoms with Crippen molar-refractivity contribution in [1.82, 2.24) is 19.5 Å². The van der Waals surface area contributed by atoms with E-state index in [2.05, 4.69) is 15.0 Å². The summed E-state index contributed by atoms with van der Waals surface area (Å²) in [5.74, 6) is 0.909. The van der Waals surface area contributed by atoms with Gasteiger partial charge in [0.2, 0.25) is 5.95 Å². The van der Waals surface area contributed by atoms with Crippen LogP contribution >= 0.6 is 0 Å². The molecule has 0 spiro atoms. The number of rotatable bonds is 4. The number of methoxy groups -OCH3 is 1. The molecule has 2 aromatic heterocycles. The summed E-state index contributed by atoms with van der Waals surface area (Å²) in [6.07, 6.45) is 3.62. The predicted molar refractivity (Wildman–Crippen MR) is 104 cm³/mol. The molecule has 0 saturated carbocycles. The summed E-state index contributed by atoms with van der Waals surface area (Å²) in [5.41, 5.74) is 3.93. The molecular weight excluding hydrogens is 342 g/mol. The minimum absolute atomic E-state index is 0.180. The first-order chi connectivity index (χ1) is 13.1. The molecular formula is C20H19N5O2. The minimum Gasteiger partial charge on any atom is -0.495 e. The number of ether oxygens (including phenoxy) is 1. The van der Waals surface area contributed by atoms with E-state index in [4.69, 9.17) is 4.74 Å². The second-order valence-electron chi connectivity index (χ2n) is 6.25. The molecule has 7 nitrogen and oxygen atoms in total. The van der Waals surface area contributed by atoms with E-state index in [0.717, 1.165) is 22.4 Å². The molecule has 0 saturated heterocycles. The number of nitrogens with zero attached hydrogens (tertiary/aromatic N) is 4. The van der Waals surface area contributed by atoms with Crippen LogP contribution < -0.4 is 9.64 Å². The van der Waals surface area contributed by atoms with E-state index in [1.165, 1.54) is 4.90 Å². The Morgan fingerprint density at radius 1 is 1.22 bits per heavy atom. The summed E-state index contributed by atoms with van der Waals surface area (Å²) in [7, 11) is 3.28. The van der Waals surface area contributed by atoms with Crippen LogP contribution in [0.1, 0.15) is 16.1 Å². The van der Waals surface area contributed by atoms with Crippen molar-refractivity contribution in [2.24, 2.45) is 0 Å². The van der Waals surface area contributed by atoms with Crippen LogP contribution in [0.25, 0.3) is 16.7 Å². The Hall–Kier alpha value is -3.61. The van der Waals surface area contributed by atoms with Gasteiger partial charge in [0.25, 0.3) is 5.91 Å². The average molecular weight is 361 g/mol. The molecule has 0 radical (unpaired) electrons. The normalized spacial score (nSPS) is 10.9. The summed E-state index contributed by atoms with van der Waals surface area (Å²) >= 11 is 0. The van der Waals surface area contributed by atoms with Crippen LogP contribution in [0.2, 0.25) is 0 Å². The summed E-state index contributed by atoms with van der Waals surface area (Å²) < 4.78 is 7.36.